The fourth-order valence-corrected chi connectivity index (χ4v) is 1.82. The Kier molecular flexibility index (Phi) is 8.21. The molecule has 0 aromatic heterocycles. The molecule has 0 aliphatic heterocycles. The van der Waals surface area contributed by atoms with Gasteiger partial charge < -0.3 is 10.2 Å². The van der Waals surface area contributed by atoms with Gasteiger partial charge in [-0.25, -0.2) is 0 Å². The molecule has 0 aliphatic rings. The van der Waals surface area contributed by atoms with Crippen LogP contribution in [0.1, 0.15) is 27.7 Å². The lowest BCUT2D eigenvalue weighted by molar-refractivity contribution is 0.228. The van der Waals surface area contributed by atoms with Crippen LogP contribution in [0.4, 0.5) is 0 Å². The second kappa shape index (κ2) is 7.93. The minimum absolute atomic E-state index is 0.284. The molecule has 0 heterocycles. The van der Waals surface area contributed by atoms with E-state index in [9.17, 15) is 0 Å². The molecule has 17 heavy (non-hydrogen) atoms. The molecular formula is C13H30N2S2. The van der Waals surface area contributed by atoms with Gasteiger partial charge in [-0.05, 0) is 29.4 Å². The third-order valence-electron chi connectivity index (χ3n) is 2.83. The first kappa shape index (κ1) is 17.6. The molecule has 0 spiro atoms. The van der Waals surface area contributed by atoms with E-state index in [1.165, 1.54) is 0 Å². The van der Waals surface area contributed by atoms with Gasteiger partial charge in [0.05, 0.1) is 0 Å². The molecule has 0 rings (SSSR count). The van der Waals surface area contributed by atoms with Crippen LogP contribution in [0.2, 0.25) is 0 Å². The van der Waals surface area contributed by atoms with Crippen LogP contribution in [0.25, 0.3) is 0 Å². The summed E-state index contributed by atoms with van der Waals surface area (Å²) in [4.78, 5) is 2.37. The summed E-state index contributed by atoms with van der Waals surface area (Å²) < 4.78 is 0. The number of rotatable bonds is 9. The van der Waals surface area contributed by atoms with E-state index in [-0.39, 0.29) is 5.41 Å². The second-order valence-electron chi connectivity index (χ2n) is 6.56. The highest BCUT2D eigenvalue weighted by Crippen LogP contribution is 2.17. The smallest absolute Gasteiger partial charge is 0.0104 e. The van der Waals surface area contributed by atoms with Crippen LogP contribution in [-0.2, 0) is 0 Å². The van der Waals surface area contributed by atoms with E-state index in [1.54, 1.807) is 0 Å². The van der Waals surface area contributed by atoms with Crippen molar-refractivity contribution in [1.82, 2.24) is 10.2 Å². The van der Waals surface area contributed by atoms with Crippen molar-refractivity contribution in [1.29, 1.82) is 0 Å². The van der Waals surface area contributed by atoms with Crippen molar-refractivity contribution in [2.75, 3.05) is 44.7 Å². The monoisotopic (exact) mass is 278 g/mol. The average Bonchev–Trinajstić information content (AvgIpc) is 2.24. The number of nitrogens with zero attached hydrogens (tertiary/aromatic N) is 1. The summed E-state index contributed by atoms with van der Waals surface area (Å²) >= 11 is 8.74. The molecule has 0 aliphatic carbocycles. The largest absolute Gasteiger partial charge is 0.315 e. The van der Waals surface area contributed by atoms with Gasteiger partial charge in [-0.1, -0.05) is 27.7 Å². The Bertz CT molecular complexity index is 206. The summed E-state index contributed by atoms with van der Waals surface area (Å²) in [6, 6.07) is 0. The zero-order chi connectivity index (χ0) is 13.5. The van der Waals surface area contributed by atoms with Crippen molar-refractivity contribution in [3.63, 3.8) is 0 Å². The molecule has 4 heteroatoms. The lowest BCUT2D eigenvalue weighted by Gasteiger charge is -2.29. The normalized spacial score (nSPS) is 13.4. The van der Waals surface area contributed by atoms with Crippen molar-refractivity contribution >= 4 is 25.3 Å². The Labute approximate surface area is 119 Å². The summed E-state index contributed by atoms with van der Waals surface area (Å²) in [5.41, 5.74) is 0.578. The summed E-state index contributed by atoms with van der Waals surface area (Å²) in [5.74, 6) is 1.85. The molecule has 0 saturated heterocycles. The van der Waals surface area contributed by atoms with E-state index in [2.05, 4.69) is 70.2 Å². The van der Waals surface area contributed by atoms with E-state index in [0.717, 1.165) is 37.7 Å². The van der Waals surface area contributed by atoms with Crippen LogP contribution < -0.4 is 5.32 Å². The van der Waals surface area contributed by atoms with E-state index >= 15 is 0 Å². The highest BCUT2D eigenvalue weighted by Gasteiger charge is 2.18. The van der Waals surface area contributed by atoms with Crippen LogP contribution in [0, 0.1) is 10.8 Å². The Morgan fingerprint density at radius 2 is 1.53 bits per heavy atom. The van der Waals surface area contributed by atoms with Gasteiger partial charge >= 0.3 is 0 Å². The maximum Gasteiger partial charge on any atom is 0.0104 e. The molecule has 0 aromatic carbocycles. The zero-order valence-corrected chi connectivity index (χ0v) is 13.9. The molecule has 1 N–H and O–H groups in total. The molecule has 0 saturated carbocycles. The SMILES string of the molecule is CN(CCNCC(C)(C)CS)CC(C)(C)CS. The van der Waals surface area contributed by atoms with Crippen LogP contribution >= 0.6 is 25.3 Å². The second-order valence-corrected chi connectivity index (χ2v) is 7.19. The third kappa shape index (κ3) is 9.23. The van der Waals surface area contributed by atoms with Crippen molar-refractivity contribution in [2.45, 2.75) is 27.7 Å². The fourth-order valence-electron chi connectivity index (χ4n) is 1.61. The fraction of sp³-hybridized carbons (Fsp3) is 1.00. The van der Waals surface area contributed by atoms with Crippen molar-refractivity contribution in [3.8, 4) is 0 Å². The van der Waals surface area contributed by atoms with Gasteiger partial charge in [-0.2, -0.15) is 25.3 Å². The Morgan fingerprint density at radius 1 is 1.00 bits per heavy atom. The van der Waals surface area contributed by atoms with Crippen LogP contribution in [0.5, 0.6) is 0 Å². The minimum Gasteiger partial charge on any atom is -0.315 e. The van der Waals surface area contributed by atoms with Gasteiger partial charge in [-0.15, -0.1) is 0 Å². The first-order valence-electron chi connectivity index (χ1n) is 6.33. The topological polar surface area (TPSA) is 15.3 Å². The quantitative estimate of drug-likeness (QED) is 0.443. The third-order valence-corrected chi connectivity index (χ3v) is 4.54. The van der Waals surface area contributed by atoms with Gasteiger partial charge in [0.1, 0.15) is 0 Å². The number of thiol groups is 2. The average molecular weight is 279 g/mol. The molecule has 0 bridgehead atoms. The van der Waals surface area contributed by atoms with Crippen molar-refractivity contribution < 1.29 is 0 Å². The summed E-state index contributed by atoms with van der Waals surface area (Å²) in [5, 5.41) is 3.50. The predicted molar refractivity (Wildman–Crippen MR) is 85.6 cm³/mol. The molecular weight excluding hydrogens is 248 g/mol. The first-order valence-corrected chi connectivity index (χ1v) is 7.60. The van der Waals surface area contributed by atoms with Gasteiger partial charge in [-0.3, -0.25) is 0 Å². The maximum absolute atomic E-state index is 4.38. The van der Waals surface area contributed by atoms with E-state index in [1.807, 2.05) is 0 Å². The first-order chi connectivity index (χ1) is 7.72. The molecule has 0 amide bonds. The maximum atomic E-state index is 4.38. The summed E-state index contributed by atoms with van der Waals surface area (Å²) in [6.07, 6.45) is 0. The van der Waals surface area contributed by atoms with Crippen LogP contribution in [0.15, 0.2) is 0 Å². The van der Waals surface area contributed by atoms with Crippen molar-refractivity contribution in [2.24, 2.45) is 10.8 Å². The molecule has 0 atom stereocenters. The molecule has 0 unspecified atom stereocenters. The van der Waals surface area contributed by atoms with Gasteiger partial charge in [0.15, 0.2) is 0 Å². The Balaban J connectivity index is 3.69. The van der Waals surface area contributed by atoms with Gasteiger partial charge in [0.2, 0.25) is 0 Å². The lowest BCUT2D eigenvalue weighted by Crippen LogP contribution is -2.39. The van der Waals surface area contributed by atoms with E-state index in [0.29, 0.717) is 5.41 Å². The lowest BCUT2D eigenvalue weighted by atomic mass is 9.95. The molecule has 2 nitrogen and oxygen atoms in total. The molecule has 0 fully saturated rings. The minimum atomic E-state index is 0.284. The number of likely N-dealkylation sites (N-methyl/N-ethyl adjacent to an activating group) is 1. The molecule has 0 aromatic rings. The standard InChI is InChI=1S/C13H30N2S2/c1-12(2,10-16)8-14-6-7-15(5)9-13(3,4)11-17/h14,16-17H,6-11H2,1-5H3. The van der Waals surface area contributed by atoms with Gasteiger partial charge in [0, 0.05) is 26.2 Å². The van der Waals surface area contributed by atoms with Gasteiger partial charge in [0.25, 0.3) is 0 Å². The number of hydrogen-bond donors (Lipinski definition) is 3. The Hall–Kier alpha value is 0.620. The number of nitrogens with one attached hydrogen (secondary N) is 1. The zero-order valence-electron chi connectivity index (χ0n) is 12.1. The van der Waals surface area contributed by atoms with Crippen LogP contribution in [-0.4, -0.2) is 49.6 Å². The summed E-state index contributed by atoms with van der Waals surface area (Å²) in [7, 11) is 2.18. The molecule has 0 radical (unpaired) electrons. The highest BCUT2D eigenvalue weighted by molar-refractivity contribution is 7.80. The summed E-state index contributed by atoms with van der Waals surface area (Å²) in [6.45, 7) is 13.2. The number of hydrogen-bond acceptors (Lipinski definition) is 4. The Morgan fingerprint density at radius 3 is 2.00 bits per heavy atom. The van der Waals surface area contributed by atoms with Crippen molar-refractivity contribution in [3.05, 3.63) is 0 Å². The van der Waals surface area contributed by atoms with E-state index < -0.39 is 0 Å². The molecule has 104 valence electrons. The van der Waals surface area contributed by atoms with Crippen LogP contribution in [0.3, 0.4) is 0 Å². The van der Waals surface area contributed by atoms with E-state index in [4.69, 9.17) is 0 Å². The predicted octanol–water partition coefficient (Wildman–Crippen LogP) is 2.42. The highest BCUT2D eigenvalue weighted by atomic mass is 32.1.